The molecule has 0 spiro atoms. The molecule has 0 unspecified atom stereocenters. The van der Waals surface area contributed by atoms with Crippen molar-refractivity contribution in [2.75, 3.05) is 0 Å². The third-order valence-corrected chi connectivity index (χ3v) is 3.51. The number of halogens is 3. The predicted octanol–water partition coefficient (Wildman–Crippen LogP) is 3.20. The Hall–Kier alpha value is -2.54. The fraction of sp³-hybridized carbons (Fsp3) is 0. The summed E-state index contributed by atoms with van der Waals surface area (Å²) in [6, 6.07) is 10.0. The lowest BCUT2D eigenvalue weighted by molar-refractivity contribution is -0.117. The Labute approximate surface area is 139 Å². The van der Waals surface area contributed by atoms with Crippen LogP contribution in [0.1, 0.15) is 15.9 Å². The Balaban J connectivity index is 1.97. The summed E-state index contributed by atoms with van der Waals surface area (Å²) in [5, 5.41) is 0. The van der Waals surface area contributed by atoms with Gasteiger partial charge in [-0.3, -0.25) is 20.4 Å². The van der Waals surface area contributed by atoms with E-state index in [1.54, 1.807) is 24.3 Å². The van der Waals surface area contributed by atoms with E-state index in [0.29, 0.717) is 10.0 Å². The maximum atomic E-state index is 13.4. The molecule has 0 bridgehead atoms. The third kappa shape index (κ3) is 4.46. The molecule has 7 heteroatoms. The average molecular weight is 381 g/mol. The van der Waals surface area contributed by atoms with E-state index in [1.165, 1.54) is 6.07 Å². The summed E-state index contributed by atoms with van der Waals surface area (Å²) in [6.45, 7) is 0. The van der Waals surface area contributed by atoms with Crippen LogP contribution in [0.25, 0.3) is 6.08 Å². The molecule has 2 aromatic carbocycles. The van der Waals surface area contributed by atoms with Crippen molar-refractivity contribution in [3.05, 3.63) is 75.8 Å². The minimum absolute atomic E-state index is 0.330. The molecule has 2 rings (SSSR count). The molecule has 0 aromatic heterocycles. The molecule has 0 atom stereocenters. The molecule has 4 nitrogen and oxygen atoms in total. The highest BCUT2D eigenvalue weighted by Gasteiger charge is 2.09. The molecule has 2 N–H and O–H groups in total. The first-order chi connectivity index (χ1) is 11.0. The zero-order valence-electron chi connectivity index (χ0n) is 11.6. The van der Waals surface area contributed by atoms with Gasteiger partial charge in [-0.05, 0) is 46.3 Å². The summed E-state index contributed by atoms with van der Waals surface area (Å²) >= 11 is 3.21. The van der Waals surface area contributed by atoms with Gasteiger partial charge >= 0.3 is 0 Å². The maximum Gasteiger partial charge on any atom is 0.270 e. The number of rotatable bonds is 3. The van der Waals surface area contributed by atoms with Crippen molar-refractivity contribution < 1.29 is 18.4 Å². The van der Waals surface area contributed by atoms with Gasteiger partial charge in [-0.1, -0.05) is 18.2 Å². The predicted molar refractivity (Wildman–Crippen MR) is 85.1 cm³/mol. The molecule has 0 aliphatic rings. The van der Waals surface area contributed by atoms with Crippen molar-refractivity contribution >= 4 is 33.8 Å². The smallest absolute Gasteiger partial charge is 0.268 e. The van der Waals surface area contributed by atoms with Crippen molar-refractivity contribution in [1.29, 1.82) is 0 Å². The number of carbonyl (C=O) groups excluding carboxylic acids is 2. The lowest BCUT2D eigenvalue weighted by Gasteiger charge is -2.06. The maximum absolute atomic E-state index is 13.4. The van der Waals surface area contributed by atoms with Gasteiger partial charge in [0.25, 0.3) is 11.8 Å². The molecule has 0 aliphatic carbocycles. The van der Waals surface area contributed by atoms with Gasteiger partial charge in [-0.15, -0.1) is 0 Å². The fourth-order valence-electron chi connectivity index (χ4n) is 1.70. The van der Waals surface area contributed by atoms with E-state index in [-0.39, 0.29) is 5.56 Å². The van der Waals surface area contributed by atoms with E-state index in [4.69, 9.17) is 0 Å². The van der Waals surface area contributed by atoms with Crippen molar-refractivity contribution in [3.63, 3.8) is 0 Å². The zero-order valence-corrected chi connectivity index (χ0v) is 13.2. The summed E-state index contributed by atoms with van der Waals surface area (Å²) in [7, 11) is 0. The van der Waals surface area contributed by atoms with Crippen LogP contribution in [0.2, 0.25) is 0 Å². The molecular formula is C16H11BrF2N2O2. The van der Waals surface area contributed by atoms with E-state index < -0.39 is 23.4 Å². The van der Waals surface area contributed by atoms with Crippen LogP contribution >= 0.6 is 15.9 Å². The first-order valence-corrected chi connectivity index (χ1v) is 7.25. The van der Waals surface area contributed by atoms with Crippen LogP contribution < -0.4 is 10.9 Å². The molecule has 118 valence electrons. The second-order valence-corrected chi connectivity index (χ2v) is 5.25. The van der Waals surface area contributed by atoms with Crippen LogP contribution in [-0.4, -0.2) is 11.8 Å². The first kappa shape index (κ1) is 16.8. The minimum atomic E-state index is -0.786. The lowest BCUT2D eigenvalue weighted by Crippen LogP contribution is -2.40. The van der Waals surface area contributed by atoms with E-state index in [2.05, 4.69) is 26.8 Å². The van der Waals surface area contributed by atoms with Crippen molar-refractivity contribution in [3.8, 4) is 0 Å². The van der Waals surface area contributed by atoms with E-state index in [0.717, 1.165) is 24.3 Å². The Morgan fingerprint density at radius 1 is 0.957 bits per heavy atom. The number of hydrogen-bond acceptors (Lipinski definition) is 2. The highest BCUT2D eigenvalue weighted by atomic mass is 79.9. The average Bonchev–Trinajstić information content (AvgIpc) is 2.52. The quantitative estimate of drug-likeness (QED) is 0.634. The topological polar surface area (TPSA) is 58.2 Å². The standard InChI is InChI=1S/C16H11BrF2N2O2/c17-12-5-2-1-4-10(12)16(23)21-20-15(22)9-8-11-13(18)6-3-7-14(11)19/h1-9H,(H,20,22)(H,21,23)/b9-8+. The second-order valence-electron chi connectivity index (χ2n) is 4.39. The van der Waals surface area contributed by atoms with Gasteiger partial charge in [0.2, 0.25) is 0 Å². The van der Waals surface area contributed by atoms with Crippen LogP contribution in [0.4, 0.5) is 8.78 Å². The molecule has 0 heterocycles. The third-order valence-electron chi connectivity index (χ3n) is 2.82. The first-order valence-electron chi connectivity index (χ1n) is 6.46. The number of carbonyl (C=O) groups is 2. The summed E-state index contributed by atoms with van der Waals surface area (Å²) < 4.78 is 27.3. The molecule has 0 aliphatic heterocycles. The van der Waals surface area contributed by atoms with Gasteiger partial charge in [0.1, 0.15) is 11.6 Å². The van der Waals surface area contributed by atoms with Crippen LogP contribution in [-0.2, 0) is 4.79 Å². The normalized spacial score (nSPS) is 10.6. The van der Waals surface area contributed by atoms with Gasteiger partial charge in [0, 0.05) is 16.1 Å². The highest BCUT2D eigenvalue weighted by molar-refractivity contribution is 9.10. The SMILES string of the molecule is O=C(/C=C/c1c(F)cccc1F)NNC(=O)c1ccccc1Br. The minimum Gasteiger partial charge on any atom is -0.268 e. The molecule has 0 fully saturated rings. The number of nitrogens with one attached hydrogen (secondary N) is 2. The zero-order chi connectivity index (χ0) is 16.8. The highest BCUT2D eigenvalue weighted by Crippen LogP contribution is 2.15. The van der Waals surface area contributed by atoms with Crippen LogP contribution in [0, 0.1) is 11.6 Å². The van der Waals surface area contributed by atoms with Gasteiger partial charge in [0.15, 0.2) is 0 Å². The largest absolute Gasteiger partial charge is 0.270 e. The molecule has 0 saturated heterocycles. The Morgan fingerprint density at radius 2 is 1.61 bits per heavy atom. The fourth-order valence-corrected chi connectivity index (χ4v) is 2.17. The summed E-state index contributed by atoms with van der Waals surface area (Å²) in [6.07, 6.45) is 1.91. The Morgan fingerprint density at radius 3 is 2.26 bits per heavy atom. The van der Waals surface area contributed by atoms with Gasteiger partial charge in [-0.2, -0.15) is 0 Å². The molecule has 2 amide bonds. The Bertz CT molecular complexity index is 758. The molecule has 2 aromatic rings. The summed E-state index contributed by atoms with van der Waals surface area (Å²) in [5.41, 5.74) is 4.32. The number of benzene rings is 2. The van der Waals surface area contributed by atoms with Gasteiger partial charge < -0.3 is 0 Å². The van der Waals surface area contributed by atoms with Gasteiger partial charge in [-0.25, -0.2) is 8.78 Å². The van der Waals surface area contributed by atoms with Crippen molar-refractivity contribution in [2.24, 2.45) is 0 Å². The van der Waals surface area contributed by atoms with Gasteiger partial charge in [0.05, 0.1) is 5.56 Å². The monoisotopic (exact) mass is 380 g/mol. The van der Waals surface area contributed by atoms with Crippen LogP contribution in [0.3, 0.4) is 0 Å². The van der Waals surface area contributed by atoms with Crippen LogP contribution in [0.5, 0.6) is 0 Å². The Kier molecular flexibility index (Phi) is 5.59. The number of hydrogen-bond donors (Lipinski definition) is 2. The van der Waals surface area contributed by atoms with E-state index >= 15 is 0 Å². The molecular weight excluding hydrogens is 370 g/mol. The molecule has 0 radical (unpaired) electrons. The van der Waals surface area contributed by atoms with E-state index in [1.807, 2.05) is 0 Å². The lowest BCUT2D eigenvalue weighted by atomic mass is 10.2. The van der Waals surface area contributed by atoms with Crippen LogP contribution in [0.15, 0.2) is 53.0 Å². The number of amides is 2. The summed E-state index contributed by atoms with van der Waals surface area (Å²) in [4.78, 5) is 23.4. The van der Waals surface area contributed by atoms with Crippen molar-refractivity contribution in [1.82, 2.24) is 10.9 Å². The summed E-state index contributed by atoms with van der Waals surface area (Å²) in [5.74, 6) is -2.83. The second kappa shape index (κ2) is 7.64. The van der Waals surface area contributed by atoms with E-state index in [9.17, 15) is 18.4 Å². The number of hydrazine groups is 1. The van der Waals surface area contributed by atoms with Crippen molar-refractivity contribution in [2.45, 2.75) is 0 Å². The molecule has 23 heavy (non-hydrogen) atoms. The molecule has 0 saturated carbocycles.